The predicted molar refractivity (Wildman–Crippen MR) is 28.7 cm³/mol. The van der Waals surface area contributed by atoms with E-state index in [2.05, 4.69) is 0 Å². The summed E-state index contributed by atoms with van der Waals surface area (Å²) in [4.78, 5) is 9.80. The summed E-state index contributed by atoms with van der Waals surface area (Å²) >= 11 is 0. The second kappa shape index (κ2) is 7.02. The van der Waals surface area contributed by atoms with Gasteiger partial charge in [0, 0.05) is 6.42 Å². The van der Waals surface area contributed by atoms with Crippen molar-refractivity contribution in [2.75, 3.05) is 6.61 Å². The van der Waals surface area contributed by atoms with Gasteiger partial charge >= 0.3 is 29.6 Å². The molecule has 0 aliphatic heterocycles. The predicted octanol–water partition coefficient (Wildman–Crippen LogP) is -6.16. The minimum absolute atomic E-state index is 0. The maximum atomic E-state index is 9.80. The van der Waals surface area contributed by atoms with Crippen molar-refractivity contribution in [3.05, 3.63) is 0 Å². The Hall–Kier alpha value is 0.350. The number of carbonyl (C=O) groups is 1. The number of aliphatic hydroxyl groups is 3. The number of carboxylic acid groups (broad SMARTS) is 1. The molecule has 0 fully saturated rings. The SMILES string of the molecule is O=C([O-])[C@@H](O)C[C@@H](O)CO.[Na+]. The van der Waals surface area contributed by atoms with Crippen molar-refractivity contribution in [3.8, 4) is 0 Å². The normalized spacial score (nSPS) is 14.8. The van der Waals surface area contributed by atoms with Crippen LogP contribution < -0.4 is 34.7 Å². The van der Waals surface area contributed by atoms with Crippen LogP contribution in [0.1, 0.15) is 6.42 Å². The summed E-state index contributed by atoms with van der Waals surface area (Å²) in [5.74, 6) is -1.65. The van der Waals surface area contributed by atoms with E-state index in [0.717, 1.165) is 0 Å². The van der Waals surface area contributed by atoms with Crippen LogP contribution in [0, 0.1) is 0 Å². The number of carboxylic acids is 1. The Balaban J connectivity index is 0. The van der Waals surface area contributed by atoms with Crippen LogP contribution in [-0.2, 0) is 4.79 Å². The number of hydrogen-bond donors (Lipinski definition) is 3. The van der Waals surface area contributed by atoms with Crippen molar-refractivity contribution in [3.63, 3.8) is 0 Å². The van der Waals surface area contributed by atoms with Crippen LogP contribution in [0.2, 0.25) is 0 Å². The molecule has 0 saturated heterocycles. The van der Waals surface area contributed by atoms with Gasteiger partial charge in [0.15, 0.2) is 0 Å². The topological polar surface area (TPSA) is 101 Å². The van der Waals surface area contributed by atoms with Crippen molar-refractivity contribution in [1.82, 2.24) is 0 Å². The monoisotopic (exact) mass is 172 g/mol. The zero-order valence-electron chi connectivity index (χ0n) is 6.23. The third-order valence-electron chi connectivity index (χ3n) is 0.978. The number of carbonyl (C=O) groups excluding carboxylic acids is 1. The van der Waals surface area contributed by atoms with Crippen molar-refractivity contribution in [2.24, 2.45) is 0 Å². The number of hydrogen-bond acceptors (Lipinski definition) is 5. The zero-order valence-corrected chi connectivity index (χ0v) is 8.23. The molecule has 5 nitrogen and oxygen atoms in total. The second-order valence-electron chi connectivity index (χ2n) is 1.91. The van der Waals surface area contributed by atoms with Crippen LogP contribution in [0.25, 0.3) is 0 Å². The first-order chi connectivity index (χ1) is 4.57. The van der Waals surface area contributed by atoms with Gasteiger partial charge in [0.25, 0.3) is 0 Å². The van der Waals surface area contributed by atoms with Gasteiger partial charge in [-0.2, -0.15) is 0 Å². The fourth-order valence-electron chi connectivity index (χ4n) is 0.428. The van der Waals surface area contributed by atoms with Crippen LogP contribution in [0.5, 0.6) is 0 Å². The van der Waals surface area contributed by atoms with Crippen LogP contribution in [0.15, 0.2) is 0 Å². The van der Waals surface area contributed by atoms with E-state index in [1.54, 1.807) is 0 Å². The molecule has 0 bridgehead atoms. The minimum atomic E-state index is -1.71. The Kier molecular flexibility index (Phi) is 8.88. The van der Waals surface area contributed by atoms with Gasteiger partial charge in [-0.15, -0.1) is 0 Å². The quantitative estimate of drug-likeness (QED) is 0.366. The summed E-state index contributed by atoms with van der Waals surface area (Å²) in [6, 6.07) is 0. The molecule has 0 aromatic heterocycles. The average Bonchev–Trinajstić information content (AvgIpc) is 1.87. The van der Waals surface area contributed by atoms with Crippen molar-refractivity contribution in [2.45, 2.75) is 18.6 Å². The Morgan fingerprint density at radius 2 is 1.91 bits per heavy atom. The minimum Gasteiger partial charge on any atom is -0.547 e. The maximum Gasteiger partial charge on any atom is 1.00 e. The first-order valence-corrected chi connectivity index (χ1v) is 2.75. The Morgan fingerprint density at radius 3 is 2.18 bits per heavy atom. The van der Waals surface area contributed by atoms with Gasteiger partial charge in [-0.1, -0.05) is 0 Å². The Bertz CT molecular complexity index is 117. The Morgan fingerprint density at radius 1 is 1.45 bits per heavy atom. The third-order valence-corrected chi connectivity index (χ3v) is 0.978. The number of rotatable bonds is 4. The van der Waals surface area contributed by atoms with E-state index in [1.807, 2.05) is 0 Å². The number of aliphatic carboxylic acids is 1. The van der Waals surface area contributed by atoms with Crippen molar-refractivity contribution in [1.29, 1.82) is 0 Å². The molecule has 0 aliphatic carbocycles. The summed E-state index contributed by atoms with van der Waals surface area (Å²) in [7, 11) is 0. The van der Waals surface area contributed by atoms with E-state index < -0.39 is 31.2 Å². The van der Waals surface area contributed by atoms with Crippen LogP contribution in [0.3, 0.4) is 0 Å². The summed E-state index contributed by atoms with van der Waals surface area (Å²) in [6.45, 7) is -0.565. The van der Waals surface area contributed by atoms with Gasteiger partial charge in [0.1, 0.15) is 0 Å². The molecule has 3 N–H and O–H groups in total. The molecule has 11 heavy (non-hydrogen) atoms. The van der Waals surface area contributed by atoms with Crippen LogP contribution in [-0.4, -0.2) is 40.1 Å². The fraction of sp³-hybridized carbons (Fsp3) is 0.800. The summed E-state index contributed by atoms with van der Waals surface area (Å²) in [5, 5.41) is 35.1. The maximum absolute atomic E-state index is 9.80. The summed E-state index contributed by atoms with van der Waals surface area (Å²) < 4.78 is 0. The molecule has 2 atom stereocenters. The van der Waals surface area contributed by atoms with Crippen LogP contribution >= 0.6 is 0 Å². The molecule has 0 radical (unpaired) electrons. The molecule has 0 amide bonds. The van der Waals surface area contributed by atoms with E-state index in [1.165, 1.54) is 0 Å². The van der Waals surface area contributed by atoms with Crippen molar-refractivity contribution < 1.29 is 54.8 Å². The Labute approximate surface area is 86.0 Å². The third kappa shape index (κ3) is 6.74. The van der Waals surface area contributed by atoms with Crippen molar-refractivity contribution >= 4 is 5.97 Å². The standard InChI is InChI=1S/C5H10O5.Na/c6-2-3(7)1-4(8)5(9)10;/h3-4,6-8H,1-2H2,(H,9,10);/q;+1/p-1/t3-,4+;/m1./s1. The molecule has 0 rings (SSSR count). The molecule has 0 saturated carbocycles. The first kappa shape index (κ1) is 13.9. The summed E-state index contributed by atoms with van der Waals surface area (Å²) in [5.41, 5.74) is 0. The summed E-state index contributed by atoms with van der Waals surface area (Å²) in [6.07, 6.45) is -3.31. The molecule has 0 heterocycles. The van der Waals surface area contributed by atoms with E-state index in [0.29, 0.717) is 0 Å². The van der Waals surface area contributed by atoms with Crippen LogP contribution in [0.4, 0.5) is 0 Å². The molecule has 0 aliphatic rings. The molecule has 0 unspecified atom stereocenters. The molecule has 60 valence electrons. The smallest absolute Gasteiger partial charge is 0.547 e. The molecule has 6 heteroatoms. The van der Waals surface area contributed by atoms with Gasteiger partial charge in [-0.25, -0.2) is 0 Å². The first-order valence-electron chi connectivity index (χ1n) is 2.75. The van der Waals surface area contributed by atoms with E-state index >= 15 is 0 Å². The molecule has 0 spiro atoms. The van der Waals surface area contributed by atoms with E-state index in [9.17, 15) is 9.90 Å². The van der Waals surface area contributed by atoms with E-state index in [-0.39, 0.29) is 29.6 Å². The molecule has 0 aromatic rings. The van der Waals surface area contributed by atoms with Gasteiger partial charge < -0.3 is 25.2 Å². The number of aliphatic hydroxyl groups excluding tert-OH is 3. The zero-order chi connectivity index (χ0) is 8.15. The molecular weight excluding hydrogens is 163 g/mol. The fourth-order valence-corrected chi connectivity index (χ4v) is 0.428. The average molecular weight is 172 g/mol. The van der Waals surface area contributed by atoms with Gasteiger partial charge in [0.05, 0.1) is 24.8 Å². The van der Waals surface area contributed by atoms with E-state index in [4.69, 9.17) is 15.3 Å². The second-order valence-corrected chi connectivity index (χ2v) is 1.91. The van der Waals surface area contributed by atoms with Gasteiger partial charge in [0.2, 0.25) is 0 Å². The van der Waals surface area contributed by atoms with Gasteiger partial charge in [-0.3, -0.25) is 0 Å². The van der Waals surface area contributed by atoms with Gasteiger partial charge in [-0.05, 0) is 0 Å². The molecule has 0 aromatic carbocycles. The molecular formula is C5H9NaO5. The largest absolute Gasteiger partial charge is 1.00 e.